The Morgan fingerprint density at radius 2 is 1.12 bits per heavy atom. The molecule has 16 amide bonds. The number of H-pyrrole nitrogens is 2. The Morgan fingerprint density at radius 1 is 0.547 bits per heavy atom. The van der Waals surface area contributed by atoms with E-state index in [2.05, 4.69) is 68.1 Å². The summed E-state index contributed by atoms with van der Waals surface area (Å²) < 4.78 is 1.41. The third-order valence-corrected chi connectivity index (χ3v) is 25.3. The minimum atomic E-state index is -1.96. The number of aliphatic hydroxyl groups excluding tert-OH is 1. The molecule has 3 aromatic heterocycles. The number of phenols is 1. The third kappa shape index (κ3) is 29.2. The lowest BCUT2D eigenvalue weighted by molar-refractivity contribution is -0.149. The number of carbonyl (C=O) groups is 19. The fourth-order valence-corrected chi connectivity index (χ4v) is 17.6. The lowest BCUT2D eigenvalue weighted by Crippen LogP contribution is -2.62. The summed E-state index contributed by atoms with van der Waals surface area (Å²) in [5.74, 6) is -21.9. The lowest BCUT2D eigenvalue weighted by atomic mass is 10.00. The summed E-state index contributed by atoms with van der Waals surface area (Å²) in [5.41, 5.74) is 20.1. The summed E-state index contributed by atoms with van der Waals surface area (Å²) in [6, 6.07) is -4.34. The van der Waals surface area contributed by atoms with Gasteiger partial charge in [0.15, 0.2) is 0 Å². The number of nitrogens with two attached hydrogens (primary N) is 3. The lowest BCUT2D eigenvalue weighted by Gasteiger charge is -2.36. The zero-order valence-electron chi connectivity index (χ0n) is 76.8. The van der Waals surface area contributed by atoms with Gasteiger partial charge in [0.2, 0.25) is 94.5 Å². The van der Waals surface area contributed by atoms with E-state index in [0.717, 1.165) is 43.3 Å². The van der Waals surface area contributed by atoms with E-state index in [0.29, 0.717) is 51.3 Å². The highest BCUT2D eigenvalue weighted by molar-refractivity contribution is 8.00. The number of hydrogen-bond acceptors (Lipinski definition) is 25. The number of aliphatic carboxylic acids is 3. The average Bonchev–Trinajstić information content (AvgIpc) is 1.63. The van der Waals surface area contributed by atoms with Crippen LogP contribution in [0, 0.1) is 0 Å². The van der Waals surface area contributed by atoms with Crippen LogP contribution in [0.15, 0.2) is 97.7 Å². The highest BCUT2D eigenvalue weighted by atomic mass is 32.2. The first-order chi connectivity index (χ1) is 65.2. The number of fused-ring (bicyclic) bond motifs is 4. The molecule has 0 bridgehead atoms. The number of nitrogens with zero attached hydrogens (tertiary/aromatic N) is 7. The highest BCUT2D eigenvalue weighted by Crippen LogP contribution is 2.29. The number of carboxylic acid groups (broad SMARTS) is 3. The van der Waals surface area contributed by atoms with E-state index < -0.39 is 279 Å². The number of likely N-dealkylation sites (N-methyl/N-ethyl adjacent to an activating group) is 3. The van der Waals surface area contributed by atoms with E-state index in [-0.39, 0.29) is 82.3 Å². The Bertz CT molecular complexity index is 5360. The van der Waals surface area contributed by atoms with Gasteiger partial charge in [0.05, 0.1) is 36.8 Å². The number of aromatic nitrogens is 4. The van der Waals surface area contributed by atoms with Crippen molar-refractivity contribution in [3.8, 4) is 5.75 Å². The summed E-state index contributed by atoms with van der Waals surface area (Å²) >= 11 is 0.723. The van der Waals surface area contributed by atoms with Crippen LogP contribution >= 0.6 is 11.8 Å². The molecule has 46 nitrogen and oxygen atoms in total. The zero-order chi connectivity index (χ0) is 100. The zero-order valence-corrected chi connectivity index (χ0v) is 77.7. The van der Waals surface area contributed by atoms with Gasteiger partial charge in [-0.15, -0.1) is 11.8 Å². The maximum Gasteiger partial charge on any atom is 0.323 e. The normalized spacial score (nSPS) is 24.5. The van der Waals surface area contributed by atoms with Crippen LogP contribution in [0.4, 0.5) is 0 Å². The van der Waals surface area contributed by atoms with Crippen LogP contribution in [-0.4, -0.2) is 338 Å². The van der Waals surface area contributed by atoms with Crippen LogP contribution in [0.3, 0.4) is 0 Å². The SMILES string of the molecule is CCCC[C@H]1C(=O)N(C)[C@@H](CCCC)C(=O)N[C@@H](CN)C(=O)N[C@H](C(=O)NCC(N)=O)CSCC(=O)N[C@@H](Cc2ccc(O)cc2)C(=O)N(C)[C@@H](C)C(=O)N[C@@H](CC(=O)O)C(=O)N2CCC[C@H]2C(=O)N[C@@H](Cc2c[nH]cn2)C(=O)N[C@@H](CCC(=O)O)C(=O)N2C[C@H](O)C[C@H]2C(=O)N[C@@H](Cc2c[nH]c3ccccc23)C(=O)N[C@@H](CCN)C(=O)N[C@@H](Cc2cn(CC(=O)O)c3ccccc23)C(=O)N1C. The van der Waals surface area contributed by atoms with Crippen LogP contribution in [0.25, 0.3) is 21.8 Å². The van der Waals surface area contributed by atoms with Crippen molar-refractivity contribution < 1.29 is 117 Å². The van der Waals surface area contributed by atoms with Gasteiger partial charge < -0.3 is 135 Å². The van der Waals surface area contributed by atoms with Crippen LogP contribution in [0.5, 0.6) is 5.75 Å². The summed E-state index contributed by atoms with van der Waals surface area (Å²) in [6.45, 7) is 1.72. The summed E-state index contributed by atoms with van der Waals surface area (Å²) in [5, 5.41) is 78.8. The first-order valence-corrected chi connectivity index (χ1v) is 46.3. The molecular formula is C90H122N22O24S. The molecule has 0 spiro atoms. The van der Waals surface area contributed by atoms with Crippen molar-refractivity contribution in [1.82, 2.24) is 97.2 Å². The molecule has 3 aliphatic rings. The van der Waals surface area contributed by atoms with Gasteiger partial charge in [-0.05, 0) is 92.9 Å². The number of aliphatic hydroxyl groups is 1. The molecule has 137 heavy (non-hydrogen) atoms. The Hall–Kier alpha value is -14.1. The molecule has 0 radical (unpaired) electrons. The molecule has 3 aliphatic heterocycles. The average molecular weight is 1930 g/mol. The number of rotatable bonds is 27. The van der Waals surface area contributed by atoms with Crippen molar-refractivity contribution in [2.24, 2.45) is 17.2 Å². The first kappa shape index (κ1) is 107. The van der Waals surface area contributed by atoms with Crippen molar-refractivity contribution in [1.29, 1.82) is 0 Å². The molecule has 3 fully saturated rings. The highest BCUT2D eigenvalue weighted by Gasteiger charge is 2.47. The Morgan fingerprint density at radius 3 is 1.77 bits per heavy atom. The molecular weight excluding hydrogens is 1810 g/mol. The van der Waals surface area contributed by atoms with Gasteiger partial charge in [-0.2, -0.15) is 0 Å². The largest absolute Gasteiger partial charge is 0.508 e. The van der Waals surface area contributed by atoms with E-state index >= 15 is 33.6 Å². The number of carbonyl (C=O) groups excluding carboxylic acids is 16. The Kier molecular flexibility index (Phi) is 39.3. The third-order valence-electron chi connectivity index (χ3n) is 24.2. The second-order valence-corrected chi connectivity index (χ2v) is 35.2. The van der Waals surface area contributed by atoms with Gasteiger partial charge in [0.25, 0.3) is 0 Å². The Labute approximate surface area is 791 Å². The summed E-state index contributed by atoms with van der Waals surface area (Å²) in [6.07, 6.45) is 0.470. The molecule has 23 N–H and O–H groups in total. The van der Waals surface area contributed by atoms with Crippen molar-refractivity contribution in [3.63, 3.8) is 0 Å². The molecule has 742 valence electrons. The fraction of sp³-hybridized carbons (Fsp3) is 0.511. The molecule has 3 aromatic carbocycles. The molecule has 6 aromatic rings. The first-order valence-electron chi connectivity index (χ1n) is 45.1. The molecule has 47 heteroatoms. The van der Waals surface area contributed by atoms with Crippen molar-refractivity contribution in [2.75, 3.05) is 65.4 Å². The molecule has 9 rings (SSSR count). The number of imidazole rings is 1. The minimum absolute atomic E-state index is 0.0575. The molecule has 0 saturated carbocycles. The van der Waals surface area contributed by atoms with Crippen molar-refractivity contribution >= 4 is 146 Å². The number of hydrogen-bond donors (Lipinski definition) is 20. The number of carboxylic acids is 3. The molecule has 15 atom stereocenters. The second-order valence-electron chi connectivity index (χ2n) is 34.2. The monoisotopic (exact) mass is 1930 g/mol. The second kappa shape index (κ2) is 50.5. The Balaban J connectivity index is 1.11. The number of amides is 16. The van der Waals surface area contributed by atoms with Crippen LogP contribution in [-0.2, 0) is 123 Å². The number of benzene rings is 3. The summed E-state index contributed by atoms with van der Waals surface area (Å²) in [4.78, 5) is 289. The van der Waals surface area contributed by atoms with Crippen LogP contribution < -0.4 is 70.4 Å². The summed E-state index contributed by atoms with van der Waals surface area (Å²) in [7, 11) is 3.75. The molecule has 0 aliphatic carbocycles. The van der Waals surface area contributed by atoms with Gasteiger partial charge in [-0.25, -0.2) is 4.98 Å². The van der Waals surface area contributed by atoms with Gasteiger partial charge in [-0.3, -0.25) is 91.1 Å². The van der Waals surface area contributed by atoms with E-state index in [4.69, 9.17) is 17.2 Å². The van der Waals surface area contributed by atoms with Crippen molar-refractivity contribution in [2.45, 2.75) is 227 Å². The van der Waals surface area contributed by atoms with Crippen LogP contribution in [0.2, 0.25) is 0 Å². The van der Waals surface area contributed by atoms with Crippen LogP contribution in [0.1, 0.15) is 127 Å². The number of phenolic OH excluding ortho intramolecular Hbond substituents is 1. The van der Waals surface area contributed by atoms with Gasteiger partial charge in [0.1, 0.15) is 96.9 Å². The molecule has 3 saturated heterocycles. The molecule has 6 heterocycles. The smallest absolute Gasteiger partial charge is 0.323 e. The topological polar surface area (TPSA) is 689 Å². The fourth-order valence-electron chi connectivity index (χ4n) is 16.7. The van der Waals surface area contributed by atoms with Gasteiger partial charge in [0, 0.05) is 125 Å². The predicted molar refractivity (Wildman–Crippen MR) is 493 cm³/mol. The number of primary amides is 1. The standard InChI is InChI=1S/C90H122N22O24S/c1-7-9-19-68-83(129)105-65(38-92)82(128)106-66(78(124)96-41-72(93)115)45-137-46-73(116)98-62(32-49-23-25-53(113)26-24-49)86(132)107(4)48(3)77(123)103-64(37-75(119)120)89(135)111-31-15-22-69(111)84(130)102-61(35-52-40-94-47-97-52)81(127)100-59(27-28-74(117)118)88(134)112-43-54(114)36-71(112)85(131)101-60(33-50-39-95-57-18-13-11-16-55(50)57)80(126)99-58(29-30-91)79(125)104-63(87(133)109(6)70(20-10-8-2)90(136)108(68)5)34-51-42-110(44-76(121)122)67-21-14-12-17-56(51)67/h11-14,16-18,21,23-26,39-40,42,47-48,54,58-66,68-71,95,113-114H,7-10,15,19-20,22,27-38,41,43-46,91-92H2,1-6H3,(H2,93,115)(H,94,97)(H,96,124)(H,98,116)(H,99,126)(H,100,127)(H,101,131)(H,102,130)(H,103,123)(H,104,125)(H,105,129)(H,106,128)(H,117,118)(H,119,120)(H,121,122)/t48-,54+,58-,59-,60-,61-,62-,63-,64-,65-,66-,68-,69-,70-,71-/m0/s1. The maximum absolute atomic E-state index is 15.9. The number of unbranched alkanes of at least 4 members (excludes halogenated alkanes) is 2. The minimum Gasteiger partial charge on any atom is -0.508 e. The maximum atomic E-state index is 15.9. The van der Waals surface area contributed by atoms with Crippen molar-refractivity contribution in [3.05, 3.63) is 120 Å². The van der Waals surface area contributed by atoms with E-state index in [1.54, 1.807) is 61.7 Å². The number of aromatic amines is 2. The number of nitrogens with one attached hydrogen (secondary N) is 12. The van der Waals surface area contributed by atoms with E-state index in [1.807, 2.05) is 6.92 Å². The van der Waals surface area contributed by atoms with Gasteiger partial charge >= 0.3 is 17.9 Å². The number of para-hydroxylation sites is 2. The predicted octanol–water partition coefficient (Wildman–Crippen LogP) is -3.90. The molecule has 0 unspecified atom stereocenters. The number of thioether (sulfide) groups is 1. The number of aromatic hydroxyl groups is 1. The van der Waals surface area contributed by atoms with Gasteiger partial charge in [-0.1, -0.05) is 88.1 Å². The quantitative estimate of drug-likeness (QED) is 0.0234. The van der Waals surface area contributed by atoms with E-state index in [1.165, 1.54) is 68.6 Å². The van der Waals surface area contributed by atoms with E-state index in [9.17, 15) is 83.1 Å².